The van der Waals surface area contributed by atoms with Gasteiger partial charge in [0.05, 0.1) is 6.54 Å². The van der Waals surface area contributed by atoms with Crippen LogP contribution in [0.2, 0.25) is 15.2 Å². The van der Waals surface area contributed by atoms with E-state index < -0.39 is 0 Å². The number of hydrogen-bond donors (Lipinski definition) is 0. The van der Waals surface area contributed by atoms with Crippen molar-refractivity contribution in [1.82, 2.24) is 9.55 Å². The highest BCUT2D eigenvalue weighted by atomic mass is 35.5. The second kappa shape index (κ2) is 5.31. The molecule has 2 rings (SSSR count). The standard InChI is InChI=1S/C12H9Cl3N2O/c1-7-16-11(15)5-12(18)17(7)6-8-2-3-9(13)4-10(8)14/h2-5H,6H2,1H3. The van der Waals surface area contributed by atoms with Gasteiger partial charge in [-0.2, -0.15) is 0 Å². The molecule has 0 aliphatic rings. The van der Waals surface area contributed by atoms with Crippen LogP contribution < -0.4 is 5.56 Å². The van der Waals surface area contributed by atoms with Gasteiger partial charge in [0, 0.05) is 16.1 Å². The van der Waals surface area contributed by atoms with Gasteiger partial charge in [0.25, 0.3) is 5.56 Å². The molecule has 0 aliphatic heterocycles. The Labute approximate surface area is 119 Å². The van der Waals surface area contributed by atoms with Gasteiger partial charge >= 0.3 is 0 Å². The molecular weight excluding hydrogens is 295 g/mol. The Morgan fingerprint density at radius 3 is 2.56 bits per heavy atom. The van der Waals surface area contributed by atoms with Crippen molar-refractivity contribution in [1.29, 1.82) is 0 Å². The molecule has 0 saturated heterocycles. The Morgan fingerprint density at radius 2 is 1.94 bits per heavy atom. The third-order valence-electron chi connectivity index (χ3n) is 2.51. The smallest absolute Gasteiger partial charge is 0.255 e. The van der Waals surface area contributed by atoms with E-state index in [0.717, 1.165) is 5.56 Å². The van der Waals surface area contributed by atoms with E-state index in [-0.39, 0.29) is 10.7 Å². The lowest BCUT2D eigenvalue weighted by Gasteiger charge is -2.10. The van der Waals surface area contributed by atoms with Crippen molar-refractivity contribution >= 4 is 34.8 Å². The molecule has 6 heteroatoms. The van der Waals surface area contributed by atoms with Crippen molar-refractivity contribution in [2.45, 2.75) is 13.5 Å². The van der Waals surface area contributed by atoms with Crippen LogP contribution in [0.15, 0.2) is 29.1 Å². The summed E-state index contributed by atoms with van der Waals surface area (Å²) >= 11 is 17.6. The van der Waals surface area contributed by atoms with E-state index in [1.165, 1.54) is 10.6 Å². The maximum atomic E-state index is 11.8. The average molecular weight is 304 g/mol. The van der Waals surface area contributed by atoms with Gasteiger partial charge in [-0.25, -0.2) is 4.98 Å². The van der Waals surface area contributed by atoms with Crippen molar-refractivity contribution < 1.29 is 0 Å². The first-order valence-corrected chi connectivity index (χ1v) is 6.28. The molecule has 1 aromatic heterocycles. The second-order valence-corrected chi connectivity index (χ2v) is 5.02. The average Bonchev–Trinajstić information content (AvgIpc) is 2.25. The summed E-state index contributed by atoms with van der Waals surface area (Å²) < 4.78 is 1.50. The first-order chi connectivity index (χ1) is 8.47. The molecule has 0 saturated carbocycles. The van der Waals surface area contributed by atoms with Gasteiger partial charge < -0.3 is 0 Å². The van der Waals surface area contributed by atoms with Crippen molar-refractivity contribution in [2.24, 2.45) is 0 Å². The zero-order valence-electron chi connectivity index (χ0n) is 9.45. The van der Waals surface area contributed by atoms with Crippen molar-refractivity contribution in [2.75, 3.05) is 0 Å². The maximum absolute atomic E-state index is 11.8. The van der Waals surface area contributed by atoms with E-state index in [2.05, 4.69) is 4.98 Å². The topological polar surface area (TPSA) is 34.9 Å². The minimum atomic E-state index is -0.210. The van der Waals surface area contributed by atoms with E-state index in [4.69, 9.17) is 34.8 Å². The molecule has 1 aromatic carbocycles. The summed E-state index contributed by atoms with van der Waals surface area (Å²) in [4.78, 5) is 15.8. The molecule has 18 heavy (non-hydrogen) atoms. The van der Waals surface area contributed by atoms with Crippen LogP contribution >= 0.6 is 34.8 Å². The summed E-state index contributed by atoms with van der Waals surface area (Å²) in [5.41, 5.74) is 0.592. The lowest BCUT2D eigenvalue weighted by atomic mass is 10.2. The third-order valence-corrected chi connectivity index (χ3v) is 3.29. The summed E-state index contributed by atoms with van der Waals surface area (Å²) in [7, 11) is 0. The van der Waals surface area contributed by atoms with Gasteiger partial charge in [0.15, 0.2) is 0 Å². The monoisotopic (exact) mass is 302 g/mol. The van der Waals surface area contributed by atoms with Crippen LogP contribution in [0.3, 0.4) is 0 Å². The molecule has 0 N–H and O–H groups in total. The van der Waals surface area contributed by atoms with E-state index in [1.54, 1.807) is 25.1 Å². The fourth-order valence-electron chi connectivity index (χ4n) is 1.60. The van der Waals surface area contributed by atoms with Crippen LogP contribution in [0.5, 0.6) is 0 Å². The van der Waals surface area contributed by atoms with Crippen LogP contribution in [-0.2, 0) is 6.54 Å². The van der Waals surface area contributed by atoms with Crippen molar-refractivity contribution in [3.05, 3.63) is 61.2 Å². The molecule has 0 amide bonds. The van der Waals surface area contributed by atoms with Gasteiger partial charge in [0.1, 0.15) is 11.0 Å². The molecular formula is C12H9Cl3N2O. The molecule has 0 radical (unpaired) electrons. The molecule has 0 aliphatic carbocycles. The minimum Gasteiger partial charge on any atom is -0.292 e. The first-order valence-electron chi connectivity index (χ1n) is 5.15. The zero-order chi connectivity index (χ0) is 13.3. The van der Waals surface area contributed by atoms with E-state index in [1.807, 2.05) is 0 Å². The summed E-state index contributed by atoms with van der Waals surface area (Å²) in [6.07, 6.45) is 0. The third kappa shape index (κ3) is 2.86. The molecule has 94 valence electrons. The van der Waals surface area contributed by atoms with E-state index in [0.29, 0.717) is 22.4 Å². The molecule has 0 spiro atoms. The van der Waals surface area contributed by atoms with Gasteiger partial charge in [-0.3, -0.25) is 9.36 Å². The lowest BCUT2D eigenvalue weighted by molar-refractivity contribution is 0.700. The largest absolute Gasteiger partial charge is 0.292 e. The Balaban J connectivity index is 2.43. The number of nitrogens with zero attached hydrogens (tertiary/aromatic N) is 2. The lowest BCUT2D eigenvalue weighted by Crippen LogP contribution is -2.23. The highest BCUT2D eigenvalue weighted by molar-refractivity contribution is 6.35. The molecule has 0 atom stereocenters. The Morgan fingerprint density at radius 1 is 1.22 bits per heavy atom. The molecule has 2 aromatic rings. The Kier molecular flexibility index (Phi) is 3.95. The minimum absolute atomic E-state index is 0.191. The zero-order valence-corrected chi connectivity index (χ0v) is 11.7. The number of hydrogen-bond acceptors (Lipinski definition) is 2. The normalized spacial score (nSPS) is 10.7. The van der Waals surface area contributed by atoms with Crippen LogP contribution in [0.1, 0.15) is 11.4 Å². The molecule has 1 heterocycles. The highest BCUT2D eigenvalue weighted by Crippen LogP contribution is 2.21. The number of rotatable bonds is 2. The van der Waals surface area contributed by atoms with Crippen LogP contribution in [0.25, 0.3) is 0 Å². The summed E-state index contributed by atoms with van der Waals surface area (Å²) in [6, 6.07) is 6.43. The van der Waals surface area contributed by atoms with Crippen molar-refractivity contribution in [3.8, 4) is 0 Å². The Hall–Kier alpha value is -1.03. The van der Waals surface area contributed by atoms with Gasteiger partial charge in [-0.05, 0) is 24.6 Å². The van der Waals surface area contributed by atoms with Crippen LogP contribution in [0, 0.1) is 6.92 Å². The molecule has 0 unspecified atom stereocenters. The number of benzene rings is 1. The molecule has 0 fully saturated rings. The van der Waals surface area contributed by atoms with Gasteiger partial charge in [0.2, 0.25) is 0 Å². The fraction of sp³-hybridized carbons (Fsp3) is 0.167. The SMILES string of the molecule is Cc1nc(Cl)cc(=O)n1Cc1ccc(Cl)cc1Cl. The number of aryl methyl sites for hydroxylation is 1. The van der Waals surface area contributed by atoms with Gasteiger partial charge in [-0.15, -0.1) is 0 Å². The summed E-state index contributed by atoms with van der Waals surface area (Å²) in [6.45, 7) is 2.06. The molecule has 3 nitrogen and oxygen atoms in total. The summed E-state index contributed by atoms with van der Waals surface area (Å²) in [5.74, 6) is 0.540. The fourth-order valence-corrected chi connectivity index (χ4v) is 2.28. The second-order valence-electron chi connectivity index (χ2n) is 3.79. The Bertz CT molecular complexity index is 652. The maximum Gasteiger partial charge on any atom is 0.255 e. The van der Waals surface area contributed by atoms with Crippen LogP contribution in [0.4, 0.5) is 0 Å². The van der Waals surface area contributed by atoms with Crippen molar-refractivity contribution in [3.63, 3.8) is 0 Å². The molecule has 0 bridgehead atoms. The van der Waals surface area contributed by atoms with Gasteiger partial charge in [-0.1, -0.05) is 40.9 Å². The van der Waals surface area contributed by atoms with Crippen LogP contribution in [-0.4, -0.2) is 9.55 Å². The quantitative estimate of drug-likeness (QED) is 0.795. The predicted octanol–water partition coefficient (Wildman–Crippen LogP) is 3.56. The predicted molar refractivity (Wildman–Crippen MR) is 73.8 cm³/mol. The van der Waals surface area contributed by atoms with E-state index >= 15 is 0 Å². The number of aromatic nitrogens is 2. The number of halogens is 3. The summed E-state index contributed by atoms with van der Waals surface area (Å²) in [5, 5.41) is 1.27. The highest BCUT2D eigenvalue weighted by Gasteiger charge is 2.07. The van der Waals surface area contributed by atoms with E-state index in [9.17, 15) is 4.79 Å². The first kappa shape index (κ1) is 13.4.